The maximum absolute atomic E-state index is 12.3. The fourth-order valence-electron chi connectivity index (χ4n) is 1.27. The number of sulfonamides is 1. The average Bonchev–Trinajstić information content (AvgIpc) is 2.31. The van der Waals surface area contributed by atoms with Crippen LogP contribution in [-0.2, 0) is 10.0 Å². The average molecular weight is 293 g/mol. The fraction of sp³-hybridized carbons (Fsp3) is 0.455. The molecule has 1 rings (SSSR count). The van der Waals surface area contributed by atoms with Gasteiger partial charge in [-0.15, -0.1) is 0 Å². The predicted octanol–water partition coefficient (Wildman–Crippen LogP) is 1.31. The van der Waals surface area contributed by atoms with E-state index < -0.39 is 15.6 Å². The predicted molar refractivity (Wildman–Crippen MR) is 72.0 cm³/mol. The van der Waals surface area contributed by atoms with Crippen LogP contribution in [0.2, 0.25) is 5.02 Å². The Bertz CT molecular complexity index is 543. The van der Waals surface area contributed by atoms with Gasteiger partial charge in [0.25, 0.3) is 0 Å². The summed E-state index contributed by atoms with van der Waals surface area (Å²) in [6.45, 7) is 2.97. The Hall–Kier alpha value is -0.820. The molecule has 0 aromatic heterocycles. The second-order valence-electron chi connectivity index (χ2n) is 4.63. The first-order valence-electron chi connectivity index (χ1n) is 5.28. The molecule has 0 atom stereocenters. The molecule has 0 aliphatic rings. The minimum atomic E-state index is -3.71. The molecular formula is C11H17ClN2O3S. The highest BCUT2D eigenvalue weighted by atomic mass is 35.5. The van der Waals surface area contributed by atoms with E-state index in [2.05, 4.69) is 0 Å². The summed E-state index contributed by atoms with van der Waals surface area (Å²) < 4.78 is 25.7. The molecular weight excluding hydrogens is 276 g/mol. The van der Waals surface area contributed by atoms with Crippen molar-refractivity contribution in [3.8, 4) is 0 Å². The van der Waals surface area contributed by atoms with Crippen LogP contribution in [0.1, 0.15) is 13.8 Å². The molecule has 0 amide bonds. The first-order chi connectivity index (χ1) is 8.13. The molecule has 1 aromatic carbocycles. The Morgan fingerprint density at radius 3 is 2.44 bits per heavy atom. The second kappa shape index (κ2) is 5.05. The van der Waals surface area contributed by atoms with Crippen LogP contribution in [0.3, 0.4) is 0 Å². The lowest BCUT2D eigenvalue weighted by molar-refractivity contribution is 0.138. The molecule has 0 aliphatic heterocycles. The lowest BCUT2D eigenvalue weighted by Gasteiger charge is -2.32. The Labute approximate surface area is 112 Å². The van der Waals surface area contributed by atoms with Crippen molar-refractivity contribution in [2.75, 3.05) is 19.4 Å². The minimum Gasteiger partial charge on any atom is -0.397 e. The molecule has 0 aliphatic carbocycles. The molecule has 5 nitrogen and oxygen atoms in total. The number of hydrogen-bond donors (Lipinski definition) is 2. The highest BCUT2D eigenvalue weighted by molar-refractivity contribution is 7.89. The topological polar surface area (TPSA) is 83.6 Å². The Morgan fingerprint density at radius 2 is 2.00 bits per heavy atom. The zero-order valence-corrected chi connectivity index (χ0v) is 12.1. The molecule has 0 bridgehead atoms. The van der Waals surface area contributed by atoms with Crippen molar-refractivity contribution in [3.05, 3.63) is 23.2 Å². The van der Waals surface area contributed by atoms with Crippen molar-refractivity contribution in [1.29, 1.82) is 0 Å². The number of anilines is 1. The van der Waals surface area contributed by atoms with Crippen molar-refractivity contribution >= 4 is 27.3 Å². The van der Waals surface area contributed by atoms with Crippen LogP contribution >= 0.6 is 11.6 Å². The fourth-order valence-corrected chi connectivity index (χ4v) is 2.92. The van der Waals surface area contributed by atoms with Gasteiger partial charge in [-0.25, -0.2) is 8.42 Å². The number of rotatable bonds is 4. The molecule has 0 saturated heterocycles. The van der Waals surface area contributed by atoms with Gasteiger partial charge in [-0.3, -0.25) is 0 Å². The van der Waals surface area contributed by atoms with Gasteiger partial charge in [0.2, 0.25) is 10.0 Å². The zero-order chi connectivity index (χ0) is 14.1. The summed E-state index contributed by atoms with van der Waals surface area (Å²) in [4.78, 5) is 0.0495. The molecule has 0 spiro atoms. The van der Waals surface area contributed by atoms with E-state index >= 15 is 0 Å². The lowest BCUT2D eigenvalue weighted by atomic mass is 10.1. The zero-order valence-electron chi connectivity index (χ0n) is 10.5. The molecule has 0 unspecified atom stereocenters. The smallest absolute Gasteiger partial charge is 0.243 e. The molecule has 3 N–H and O–H groups in total. The largest absolute Gasteiger partial charge is 0.397 e. The molecule has 0 fully saturated rings. The SMILES string of the molecule is CN(C(C)(C)CO)S(=O)(=O)c1ccc(Cl)c(N)c1. The van der Waals surface area contributed by atoms with E-state index in [9.17, 15) is 13.5 Å². The van der Waals surface area contributed by atoms with Gasteiger partial charge < -0.3 is 10.8 Å². The molecule has 0 heterocycles. The quantitative estimate of drug-likeness (QED) is 0.820. The van der Waals surface area contributed by atoms with Gasteiger partial charge in [-0.05, 0) is 32.0 Å². The van der Waals surface area contributed by atoms with Crippen LogP contribution in [-0.4, -0.2) is 37.0 Å². The van der Waals surface area contributed by atoms with E-state index in [0.29, 0.717) is 5.02 Å². The van der Waals surface area contributed by atoms with Crippen LogP contribution in [0.15, 0.2) is 23.1 Å². The summed E-state index contributed by atoms with van der Waals surface area (Å²) in [7, 11) is -2.30. The van der Waals surface area contributed by atoms with Crippen LogP contribution < -0.4 is 5.73 Å². The Morgan fingerprint density at radius 1 is 1.44 bits per heavy atom. The first kappa shape index (κ1) is 15.2. The summed E-state index contributed by atoms with van der Waals surface area (Å²) in [6, 6.07) is 4.13. The van der Waals surface area contributed by atoms with Crippen molar-refractivity contribution in [1.82, 2.24) is 4.31 Å². The van der Waals surface area contributed by atoms with E-state index in [0.717, 1.165) is 4.31 Å². The van der Waals surface area contributed by atoms with E-state index in [1.54, 1.807) is 13.8 Å². The molecule has 0 saturated carbocycles. The lowest BCUT2D eigenvalue weighted by Crippen LogP contribution is -2.47. The standard InChI is InChI=1S/C11H17ClN2O3S/c1-11(2,7-15)14(3)18(16,17)8-4-5-9(12)10(13)6-8/h4-6,15H,7,13H2,1-3H3. The number of hydrogen-bond acceptors (Lipinski definition) is 4. The number of nitrogens with two attached hydrogens (primary N) is 1. The third kappa shape index (κ3) is 2.77. The van der Waals surface area contributed by atoms with Gasteiger partial charge >= 0.3 is 0 Å². The van der Waals surface area contributed by atoms with Gasteiger partial charge in [0.05, 0.1) is 27.8 Å². The number of benzene rings is 1. The normalized spacial score (nSPS) is 13.0. The third-order valence-electron chi connectivity index (χ3n) is 2.87. The number of halogens is 1. The van der Waals surface area contributed by atoms with Crippen molar-refractivity contribution in [2.24, 2.45) is 0 Å². The van der Waals surface area contributed by atoms with E-state index in [-0.39, 0.29) is 17.2 Å². The van der Waals surface area contributed by atoms with Gasteiger partial charge in [-0.1, -0.05) is 11.6 Å². The van der Waals surface area contributed by atoms with Gasteiger partial charge in [0.15, 0.2) is 0 Å². The van der Waals surface area contributed by atoms with Crippen LogP contribution in [0, 0.1) is 0 Å². The molecule has 1 aromatic rings. The van der Waals surface area contributed by atoms with E-state index in [4.69, 9.17) is 17.3 Å². The first-order valence-corrected chi connectivity index (χ1v) is 7.09. The number of likely N-dealkylation sites (N-methyl/N-ethyl adjacent to an activating group) is 1. The highest BCUT2D eigenvalue weighted by Gasteiger charge is 2.33. The summed E-state index contributed by atoms with van der Waals surface area (Å²) in [5.41, 5.74) is 4.90. The molecule has 102 valence electrons. The number of nitrogen functional groups attached to an aromatic ring is 1. The van der Waals surface area contributed by atoms with Gasteiger partial charge in [0, 0.05) is 7.05 Å². The number of aliphatic hydroxyl groups excluding tert-OH is 1. The summed E-state index contributed by atoms with van der Waals surface area (Å²) in [5, 5.41) is 9.53. The maximum Gasteiger partial charge on any atom is 0.243 e. The monoisotopic (exact) mass is 292 g/mol. The summed E-state index contributed by atoms with van der Waals surface area (Å²) >= 11 is 5.75. The molecule has 7 heteroatoms. The Kier molecular flexibility index (Phi) is 4.27. The van der Waals surface area contributed by atoms with Crippen LogP contribution in [0.4, 0.5) is 5.69 Å². The minimum absolute atomic E-state index is 0.0495. The summed E-state index contributed by atoms with van der Waals surface area (Å²) in [6.07, 6.45) is 0. The highest BCUT2D eigenvalue weighted by Crippen LogP contribution is 2.27. The second-order valence-corrected chi connectivity index (χ2v) is 7.00. The van der Waals surface area contributed by atoms with E-state index in [1.165, 1.54) is 25.2 Å². The maximum atomic E-state index is 12.3. The van der Waals surface area contributed by atoms with Crippen molar-refractivity contribution in [2.45, 2.75) is 24.3 Å². The van der Waals surface area contributed by atoms with Gasteiger partial charge in [0.1, 0.15) is 0 Å². The number of nitrogens with zero attached hydrogens (tertiary/aromatic N) is 1. The molecule has 18 heavy (non-hydrogen) atoms. The van der Waals surface area contributed by atoms with E-state index in [1.807, 2.05) is 0 Å². The third-order valence-corrected chi connectivity index (χ3v) is 5.27. The van der Waals surface area contributed by atoms with Crippen molar-refractivity contribution in [3.63, 3.8) is 0 Å². The van der Waals surface area contributed by atoms with Gasteiger partial charge in [-0.2, -0.15) is 4.31 Å². The summed E-state index contributed by atoms with van der Waals surface area (Å²) in [5.74, 6) is 0. The van der Waals surface area contributed by atoms with Crippen molar-refractivity contribution < 1.29 is 13.5 Å². The van der Waals surface area contributed by atoms with Crippen LogP contribution in [0.25, 0.3) is 0 Å². The van der Waals surface area contributed by atoms with Crippen LogP contribution in [0.5, 0.6) is 0 Å². The Balaban J connectivity index is 3.26. The number of aliphatic hydroxyl groups is 1. The molecule has 0 radical (unpaired) electrons.